The lowest BCUT2D eigenvalue weighted by molar-refractivity contribution is 0.0987. The molecule has 2 aromatic rings. The summed E-state index contributed by atoms with van der Waals surface area (Å²) in [5.74, 6) is -0.931. The van der Waals surface area contributed by atoms with E-state index in [1.807, 2.05) is 0 Å². The molecule has 6 nitrogen and oxygen atoms in total. The van der Waals surface area contributed by atoms with Crippen LogP contribution < -0.4 is 10.1 Å². The molecule has 1 N–H and O–H groups in total. The number of carbonyl (C=O) groups excluding carboxylic acids is 1. The van der Waals surface area contributed by atoms with E-state index in [2.05, 4.69) is 22.4 Å². The van der Waals surface area contributed by atoms with Crippen LogP contribution in [0.1, 0.15) is 29.8 Å². The Hall–Kier alpha value is -1.83. The fourth-order valence-corrected chi connectivity index (χ4v) is 2.62. The van der Waals surface area contributed by atoms with Crippen LogP contribution in [0.3, 0.4) is 0 Å². The number of likely N-dealkylation sites (N-methyl/N-ethyl adjacent to an activating group) is 1. The van der Waals surface area contributed by atoms with Crippen LogP contribution in [0.2, 0.25) is 5.02 Å². The quantitative estimate of drug-likeness (QED) is 0.756. The molecular weight excluding hydrogens is 384 g/mol. The molecular formula is C17H20Cl2FN3O3. The molecule has 0 spiro atoms. The molecule has 1 aromatic heterocycles. The minimum atomic E-state index is -0.614. The van der Waals surface area contributed by atoms with Crippen LogP contribution >= 0.6 is 24.0 Å². The van der Waals surface area contributed by atoms with Gasteiger partial charge >= 0.3 is 0 Å². The second-order valence-corrected chi connectivity index (χ2v) is 6.43. The van der Waals surface area contributed by atoms with Crippen LogP contribution in [-0.4, -0.2) is 42.2 Å². The molecule has 3 rings (SSSR count). The number of rotatable bonds is 7. The summed E-state index contributed by atoms with van der Waals surface area (Å²) in [6.45, 7) is 1.24. The Bertz CT molecular complexity index is 753. The van der Waals surface area contributed by atoms with E-state index in [0.717, 1.165) is 12.6 Å². The highest BCUT2D eigenvalue weighted by atomic mass is 35.5. The van der Waals surface area contributed by atoms with Crippen molar-refractivity contribution in [1.29, 1.82) is 0 Å². The lowest BCUT2D eigenvalue weighted by Gasteiger charge is -2.34. The predicted molar refractivity (Wildman–Crippen MR) is 98.9 cm³/mol. The molecule has 1 amide bonds. The fraction of sp³-hybridized carbons (Fsp3) is 0.412. The van der Waals surface area contributed by atoms with Crippen LogP contribution in [-0.2, 0) is 0 Å². The highest BCUT2D eigenvalue weighted by Gasteiger charge is 2.21. The molecule has 1 aliphatic carbocycles. The Morgan fingerprint density at radius 3 is 2.88 bits per heavy atom. The van der Waals surface area contributed by atoms with Gasteiger partial charge in [0, 0.05) is 18.3 Å². The van der Waals surface area contributed by atoms with Crippen molar-refractivity contribution in [3.05, 3.63) is 40.9 Å². The number of ether oxygens (including phenoxy) is 1. The number of hydrogen-bond donors (Lipinski definition) is 1. The molecule has 0 aliphatic heterocycles. The van der Waals surface area contributed by atoms with Gasteiger partial charge in [0.05, 0.1) is 11.1 Å². The van der Waals surface area contributed by atoms with E-state index in [0.29, 0.717) is 12.6 Å². The van der Waals surface area contributed by atoms with Crippen LogP contribution in [0.4, 0.5) is 10.1 Å². The first-order valence-corrected chi connectivity index (χ1v) is 8.47. The van der Waals surface area contributed by atoms with E-state index in [4.69, 9.17) is 20.9 Å². The van der Waals surface area contributed by atoms with E-state index in [-0.39, 0.29) is 34.8 Å². The summed E-state index contributed by atoms with van der Waals surface area (Å²) in [5.41, 5.74) is 0.271. The van der Waals surface area contributed by atoms with Gasteiger partial charge in [-0.1, -0.05) is 18.0 Å². The lowest BCUT2D eigenvalue weighted by Crippen LogP contribution is -2.39. The molecule has 1 aliphatic rings. The van der Waals surface area contributed by atoms with Gasteiger partial charge in [-0.3, -0.25) is 4.79 Å². The van der Waals surface area contributed by atoms with Crippen LogP contribution in [0.5, 0.6) is 5.88 Å². The molecule has 0 radical (unpaired) electrons. The van der Waals surface area contributed by atoms with Gasteiger partial charge in [-0.15, -0.1) is 12.4 Å². The highest BCUT2D eigenvalue weighted by Crippen LogP contribution is 2.23. The summed E-state index contributed by atoms with van der Waals surface area (Å²) in [5, 5.41) is 6.21. The van der Waals surface area contributed by atoms with Crippen molar-refractivity contribution < 1.29 is 18.4 Å². The molecule has 0 unspecified atom stereocenters. The van der Waals surface area contributed by atoms with Gasteiger partial charge in [0.15, 0.2) is 0 Å². The number of nitrogens with one attached hydrogen (secondary N) is 1. The molecule has 0 atom stereocenters. The molecule has 0 bridgehead atoms. The zero-order valence-electron chi connectivity index (χ0n) is 14.2. The van der Waals surface area contributed by atoms with Gasteiger partial charge < -0.3 is 19.5 Å². The van der Waals surface area contributed by atoms with Gasteiger partial charge in [-0.2, -0.15) is 0 Å². The monoisotopic (exact) mass is 403 g/mol. The Morgan fingerprint density at radius 1 is 1.46 bits per heavy atom. The van der Waals surface area contributed by atoms with E-state index < -0.39 is 11.7 Å². The summed E-state index contributed by atoms with van der Waals surface area (Å²) in [7, 11) is 2.07. The van der Waals surface area contributed by atoms with Crippen LogP contribution in [0.25, 0.3) is 0 Å². The van der Waals surface area contributed by atoms with E-state index in [1.165, 1.54) is 37.5 Å². The Balaban J connectivity index is 0.00000243. The summed E-state index contributed by atoms with van der Waals surface area (Å²) >= 11 is 5.60. The second-order valence-electron chi connectivity index (χ2n) is 6.03. The standard InChI is InChI=1S/C17H19ClFN3O3.ClH/c1-22(12-3-2-4-12)7-8-24-16-10-15(25-21-16)17(23)20-11-5-6-13(18)14(19)9-11;/h5-6,9-10,12H,2-4,7-8H2,1H3,(H,20,23);1H. The maximum Gasteiger partial charge on any atom is 0.294 e. The minimum Gasteiger partial charge on any atom is -0.474 e. The summed E-state index contributed by atoms with van der Waals surface area (Å²) in [6.07, 6.45) is 3.75. The van der Waals surface area contributed by atoms with Gasteiger partial charge in [-0.05, 0) is 43.2 Å². The largest absolute Gasteiger partial charge is 0.474 e. The lowest BCUT2D eigenvalue weighted by atomic mass is 9.92. The fourth-order valence-electron chi connectivity index (χ4n) is 2.50. The summed E-state index contributed by atoms with van der Waals surface area (Å²) in [6, 6.07) is 6.03. The Kier molecular flexibility index (Phi) is 7.25. The van der Waals surface area contributed by atoms with Crippen molar-refractivity contribution in [1.82, 2.24) is 10.1 Å². The number of halogens is 3. The number of nitrogens with zero attached hydrogens (tertiary/aromatic N) is 2. The van der Waals surface area contributed by atoms with Crippen LogP contribution in [0.15, 0.2) is 28.8 Å². The first-order valence-electron chi connectivity index (χ1n) is 8.09. The smallest absolute Gasteiger partial charge is 0.294 e. The molecule has 142 valence electrons. The van der Waals surface area contributed by atoms with E-state index in [9.17, 15) is 9.18 Å². The molecule has 1 saturated carbocycles. The predicted octanol–water partition coefficient (Wildman–Crippen LogP) is 4.00. The Morgan fingerprint density at radius 2 is 2.23 bits per heavy atom. The van der Waals surface area contributed by atoms with Crippen LogP contribution in [0, 0.1) is 5.82 Å². The molecule has 1 aromatic carbocycles. The third-order valence-corrected chi connectivity index (χ3v) is 4.59. The summed E-state index contributed by atoms with van der Waals surface area (Å²) < 4.78 is 23.9. The first-order chi connectivity index (χ1) is 12.0. The third-order valence-electron chi connectivity index (χ3n) is 4.28. The second kappa shape index (κ2) is 9.21. The van der Waals surface area contributed by atoms with Crippen molar-refractivity contribution in [3.8, 4) is 5.88 Å². The van der Waals surface area contributed by atoms with E-state index in [1.54, 1.807) is 0 Å². The van der Waals surface area contributed by atoms with Crippen molar-refractivity contribution in [2.24, 2.45) is 0 Å². The van der Waals surface area contributed by atoms with Crippen molar-refractivity contribution in [2.45, 2.75) is 25.3 Å². The minimum absolute atomic E-state index is 0. The molecule has 9 heteroatoms. The summed E-state index contributed by atoms with van der Waals surface area (Å²) in [4.78, 5) is 14.3. The third kappa shape index (κ3) is 5.09. The topological polar surface area (TPSA) is 67.6 Å². The van der Waals surface area contributed by atoms with E-state index >= 15 is 0 Å². The van der Waals surface area contributed by atoms with Gasteiger partial charge in [0.25, 0.3) is 11.8 Å². The SMILES string of the molecule is CN(CCOc1cc(C(=O)Nc2ccc(Cl)c(F)c2)on1)C1CCC1.Cl. The number of amides is 1. The molecule has 1 heterocycles. The molecule has 26 heavy (non-hydrogen) atoms. The number of hydrogen-bond acceptors (Lipinski definition) is 5. The zero-order valence-corrected chi connectivity index (χ0v) is 15.8. The first kappa shape index (κ1) is 20.5. The average Bonchev–Trinajstić information content (AvgIpc) is 2.98. The van der Waals surface area contributed by atoms with Crippen molar-refractivity contribution >= 4 is 35.6 Å². The number of carbonyl (C=O) groups is 1. The molecule has 1 fully saturated rings. The van der Waals surface area contributed by atoms with Gasteiger partial charge in [-0.25, -0.2) is 4.39 Å². The van der Waals surface area contributed by atoms with Crippen molar-refractivity contribution in [3.63, 3.8) is 0 Å². The van der Waals surface area contributed by atoms with Crippen molar-refractivity contribution in [2.75, 3.05) is 25.5 Å². The zero-order chi connectivity index (χ0) is 17.8. The normalized spacial score (nSPS) is 13.8. The highest BCUT2D eigenvalue weighted by molar-refractivity contribution is 6.30. The number of anilines is 1. The van der Waals surface area contributed by atoms with Gasteiger partial charge in [0.2, 0.25) is 5.76 Å². The number of benzene rings is 1. The molecule has 0 saturated heterocycles. The Labute approximate surface area is 162 Å². The maximum absolute atomic E-state index is 13.4. The number of aromatic nitrogens is 1. The van der Waals surface area contributed by atoms with Gasteiger partial charge in [0.1, 0.15) is 12.4 Å². The average molecular weight is 404 g/mol. The maximum atomic E-state index is 13.4.